The van der Waals surface area contributed by atoms with E-state index in [4.69, 9.17) is 23.2 Å². The van der Waals surface area contributed by atoms with E-state index in [1.807, 2.05) is 47.2 Å². The first-order chi connectivity index (χ1) is 30.4. The molecule has 10 nitrogen and oxygen atoms in total. The Balaban J connectivity index is 1.02. The van der Waals surface area contributed by atoms with Crippen molar-refractivity contribution in [1.29, 1.82) is 0 Å². The van der Waals surface area contributed by atoms with E-state index in [2.05, 4.69) is 46.0 Å². The van der Waals surface area contributed by atoms with Gasteiger partial charge in [-0.3, -0.25) is 9.69 Å². The maximum Gasteiger partial charge on any atom is 0.427 e. The van der Waals surface area contributed by atoms with Crippen molar-refractivity contribution in [2.45, 2.75) is 77.8 Å². The fraction of sp³-hybridized carbons (Fsp3) is 0.426. The van der Waals surface area contributed by atoms with Crippen molar-refractivity contribution >= 4 is 77.7 Å². The molecule has 0 unspecified atom stereocenters. The van der Waals surface area contributed by atoms with Gasteiger partial charge in [0.2, 0.25) is 0 Å². The molecular weight excluding hydrogens is 920 g/mol. The van der Waals surface area contributed by atoms with Gasteiger partial charge in [0.25, 0.3) is 25.8 Å². The highest BCUT2D eigenvalue weighted by Gasteiger charge is 2.46. The molecule has 4 aromatic rings. The Kier molecular flexibility index (Phi) is 15.4. The van der Waals surface area contributed by atoms with E-state index in [9.17, 15) is 30.4 Å². The number of allylic oxidation sites excluding steroid dienone is 1. The molecule has 3 aliphatic rings. The lowest BCUT2D eigenvalue weighted by atomic mass is 9.73. The van der Waals surface area contributed by atoms with Crippen molar-refractivity contribution in [3.63, 3.8) is 0 Å². The van der Waals surface area contributed by atoms with Crippen LogP contribution in [-0.2, 0) is 19.9 Å². The molecule has 0 saturated carbocycles. The van der Waals surface area contributed by atoms with E-state index in [1.165, 1.54) is 40.6 Å². The maximum absolute atomic E-state index is 14.6. The van der Waals surface area contributed by atoms with E-state index in [1.54, 1.807) is 12.1 Å². The number of hydrogen-bond acceptors (Lipinski definition) is 10. The van der Waals surface area contributed by atoms with Gasteiger partial charge in [-0.2, -0.15) is 8.78 Å². The maximum atomic E-state index is 14.6. The van der Waals surface area contributed by atoms with Crippen LogP contribution in [-0.4, -0.2) is 101 Å². The number of likely N-dealkylation sites (tertiary alicyclic amines) is 1. The number of benzene rings is 4. The van der Waals surface area contributed by atoms with Crippen molar-refractivity contribution in [3.05, 3.63) is 119 Å². The Morgan fingerprint density at radius 3 is 2.19 bits per heavy atom. The highest BCUT2D eigenvalue weighted by Crippen LogP contribution is 2.43. The van der Waals surface area contributed by atoms with Gasteiger partial charge < -0.3 is 15.1 Å². The van der Waals surface area contributed by atoms with Crippen LogP contribution >= 0.6 is 35.0 Å². The summed E-state index contributed by atoms with van der Waals surface area (Å²) in [4.78, 5) is 19.6. The van der Waals surface area contributed by atoms with Crippen LogP contribution in [0.1, 0.15) is 68.3 Å². The van der Waals surface area contributed by atoms with E-state index >= 15 is 0 Å². The SMILES string of the molecule is CC1(C)CCC(c2ccc(Cl)cc2)=C(CN2CCN(c3ccc(C(=O)NS(=O)(=O)c4ccc(N[C@H](CCN5CCCC5)CSc5ccccc5)c(S(=O)(=O)C(F)(F)Cl)c4)cc3)CC2)C1. The van der Waals surface area contributed by atoms with Crippen LogP contribution in [0.25, 0.3) is 5.57 Å². The third-order valence-corrected chi connectivity index (χ3v) is 17.2. The second kappa shape index (κ2) is 20.4. The average Bonchev–Trinajstić information content (AvgIpc) is 3.79. The van der Waals surface area contributed by atoms with E-state index in [0.717, 1.165) is 106 Å². The summed E-state index contributed by atoms with van der Waals surface area (Å²) in [7, 11) is -10.3. The number of rotatable bonds is 17. The summed E-state index contributed by atoms with van der Waals surface area (Å²) in [5.74, 6) is -0.505. The number of anilines is 2. The number of piperazine rings is 1. The highest BCUT2D eigenvalue weighted by molar-refractivity contribution is 7.99. The molecule has 1 atom stereocenters. The molecule has 4 aromatic carbocycles. The van der Waals surface area contributed by atoms with Crippen LogP contribution in [0.4, 0.5) is 20.2 Å². The number of nitrogens with one attached hydrogen (secondary N) is 2. The molecule has 7 rings (SSSR count). The van der Waals surface area contributed by atoms with Gasteiger partial charge in [0.05, 0.1) is 15.5 Å². The van der Waals surface area contributed by atoms with Crippen LogP contribution in [0.3, 0.4) is 0 Å². The number of alkyl halides is 3. The lowest BCUT2D eigenvalue weighted by Gasteiger charge is -2.39. The van der Waals surface area contributed by atoms with Gasteiger partial charge in [-0.1, -0.05) is 61.4 Å². The van der Waals surface area contributed by atoms with Gasteiger partial charge in [0.15, 0.2) is 0 Å². The Bertz CT molecular complexity index is 2510. The topological polar surface area (TPSA) is 119 Å². The number of amides is 1. The van der Waals surface area contributed by atoms with Crippen molar-refractivity contribution in [3.8, 4) is 0 Å². The minimum atomic E-state index is -5.60. The minimum absolute atomic E-state index is 0.0442. The Labute approximate surface area is 390 Å². The van der Waals surface area contributed by atoms with Gasteiger partial charge in [0, 0.05) is 72.2 Å². The number of sulfonamides is 1. The quantitative estimate of drug-likeness (QED) is 0.0782. The zero-order chi connectivity index (χ0) is 45.7. The molecule has 0 bridgehead atoms. The normalized spacial score (nSPS) is 18.2. The highest BCUT2D eigenvalue weighted by atomic mass is 35.5. The molecular formula is C47H55Cl2F2N5O5S3. The zero-order valence-corrected chi connectivity index (χ0v) is 40.0. The Morgan fingerprint density at radius 2 is 1.53 bits per heavy atom. The molecule has 17 heteroatoms. The summed E-state index contributed by atoms with van der Waals surface area (Å²) in [5.41, 5.74) is 5.03. The van der Waals surface area contributed by atoms with Crippen molar-refractivity contribution in [2.75, 3.05) is 68.3 Å². The molecule has 2 aliphatic heterocycles. The van der Waals surface area contributed by atoms with Crippen LogP contribution in [0, 0.1) is 5.41 Å². The van der Waals surface area contributed by atoms with Crippen LogP contribution in [0.15, 0.2) is 117 Å². The predicted octanol–water partition coefficient (Wildman–Crippen LogP) is 9.87. The molecule has 0 spiro atoms. The number of carbonyl (C=O) groups is 1. The molecule has 344 valence electrons. The van der Waals surface area contributed by atoms with Crippen LogP contribution in [0.5, 0.6) is 0 Å². The Hall–Kier alpha value is -3.70. The van der Waals surface area contributed by atoms with E-state index < -0.39 is 46.3 Å². The number of hydrogen-bond donors (Lipinski definition) is 2. The van der Waals surface area contributed by atoms with Gasteiger partial charge in [0.1, 0.15) is 0 Å². The molecule has 2 N–H and O–H groups in total. The Morgan fingerprint density at radius 1 is 0.859 bits per heavy atom. The number of halogens is 4. The smallest absolute Gasteiger partial charge is 0.380 e. The first-order valence-electron chi connectivity index (χ1n) is 21.6. The first-order valence-corrected chi connectivity index (χ1v) is 26.3. The summed E-state index contributed by atoms with van der Waals surface area (Å²) in [5, 5.41) is 3.84. The lowest BCUT2D eigenvalue weighted by molar-refractivity contribution is 0.0981. The lowest BCUT2D eigenvalue weighted by Crippen LogP contribution is -2.47. The monoisotopic (exact) mass is 973 g/mol. The molecule has 2 fully saturated rings. The third-order valence-electron chi connectivity index (χ3n) is 12.3. The van der Waals surface area contributed by atoms with E-state index in [0.29, 0.717) is 24.8 Å². The van der Waals surface area contributed by atoms with Gasteiger partial charge in [-0.15, -0.1) is 11.8 Å². The fourth-order valence-corrected chi connectivity index (χ4v) is 12.1. The summed E-state index contributed by atoms with van der Waals surface area (Å²) < 4.78 is 80.2. The van der Waals surface area contributed by atoms with Crippen LogP contribution < -0.4 is 14.9 Å². The predicted molar refractivity (Wildman–Crippen MR) is 255 cm³/mol. The zero-order valence-electron chi connectivity index (χ0n) is 36.0. The summed E-state index contributed by atoms with van der Waals surface area (Å²) in [6.45, 7) is 11.3. The number of sulfone groups is 1. The number of carbonyl (C=O) groups excluding carboxylic acids is 1. The second-order valence-electron chi connectivity index (χ2n) is 17.6. The van der Waals surface area contributed by atoms with Gasteiger partial charge in [-0.25, -0.2) is 21.6 Å². The molecule has 64 heavy (non-hydrogen) atoms. The average molecular weight is 975 g/mol. The minimum Gasteiger partial charge on any atom is -0.380 e. The largest absolute Gasteiger partial charge is 0.427 e. The molecule has 2 saturated heterocycles. The van der Waals surface area contributed by atoms with Gasteiger partial charge in [-0.05, 0) is 146 Å². The van der Waals surface area contributed by atoms with Gasteiger partial charge >= 0.3 is 4.71 Å². The van der Waals surface area contributed by atoms with Crippen molar-refractivity contribution in [2.24, 2.45) is 5.41 Å². The number of nitrogens with zero attached hydrogens (tertiary/aromatic N) is 3. The number of thioether (sulfide) groups is 1. The van der Waals surface area contributed by atoms with Crippen molar-refractivity contribution in [1.82, 2.24) is 14.5 Å². The summed E-state index contributed by atoms with van der Waals surface area (Å²) >= 11 is 12.9. The standard InChI is InChI=1S/C47H55Cl2F2N5O5S3/c1-46(2)22-20-42(34-10-14-37(48)15-11-34)36(31-46)32-55-26-28-56(29-27-55)39-16-12-35(13-17-39)45(57)53-64(60,61)41-18-19-43(44(30-41)63(58,59)47(49,50)51)52-38(21-25-54-23-6-7-24-54)33-62-40-8-4-3-5-9-40/h3-5,8-19,30,38,52H,6-7,20-29,31-33H2,1-2H3,(H,53,57)/t38-/m1/s1. The molecule has 1 aliphatic carbocycles. The first kappa shape index (κ1) is 48.2. The van der Waals surface area contributed by atoms with Crippen molar-refractivity contribution < 1.29 is 30.4 Å². The molecule has 1 amide bonds. The summed E-state index contributed by atoms with van der Waals surface area (Å²) in [6.07, 6.45) is 5.90. The molecule has 2 heterocycles. The molecule has 0 radical (unpaired) electrons. The van der Waals surface area contributed by atoms with E-state index in [-0.39, 0.29) is 16.7 Å². The van der Waals surface area contributed by atoms with Crippen LogP contribution in [0.2, 0.25) is 5.02 Å². The molecule has 0 aromatic heterocycles. The third kappa shape index (κ3) is 12.2. The summed E-state index contributed by atoms with van der Waals surface area (Å²) in [6, 6.07) is 26.7. The fourth-order valence-electron chi connectivity index (χ4n) is 8.67. The second-order valence-corrected chi connectivity index (χ2v) is 23.5.